The number of hydrogen-bond acceptors (Lipinski definition) is 7. The number of carbonyl (C=O) groups is 1. The number of pyridine rings is 2. The van der Waals surface area contributed by atoms with Crippen molar-refractivity contribution in [2.75, 3.05) is 5.32 Å². The lowest BCUT2D eigenvalue weighted by Crippen LogP contribution is -2.44. The molecule has 0 saturated heterocycles. The second-order valence-electron chi connectivity index (χ2n) is 11.0. The van der Waals surface area contributed by atoms with Crippen LogP contribution in [0, 0.1) is 12.7 Å². The van der Waals surface area contributed by atoms with Crippen molar-refractivity contribution in [2.45, 2.75) is 64.4 Å². The number of aliphatic hydroxyl groups is 1. The van der Waals surface area contributed by atoms with Gasteiger partial charge in [0.25, 0.3) is 5.56 Å². The maximum absolute atomic E-state index is 15.1. The number of fused-ring (bicyclic) bond motifs is 5. The summed E-state index contributed by atoms with van der Waals surface area (Å²) in [6.07, 6.45) is 1.48. The minimum atomic E-state index is -1.91. The first kappa shape index (κ1) is 24.9. The minimum absolute atomic E-state index is 0.0622. The Kier molecular flexibility index (Phi) is 5.43. The van der Waals surface area contributed by atoms with E-state index in [2.05, 4.69) is 5.32 Å². The zero-order chi connectivity index (χ0) is 27.9. The molecule has 0 radical (unpaired) electrons. The summed E-state index contributed by atoms with van der Waals surface area (Å²) in [5, 5.41) is 15.8. The van der Waals surface area contributed by atoms with E-state index in [0.29, 0.717) is 35.4 Å². The zero-order valence-electron chi connectivity index (χ0n) is 22.3. The van der Waals surface area contributed by atoms with Crippen LogP contribution in [0.15, 0.2) is 41.2 Å². The van der Waals surface area contributed by atoms with Crippen LogP contribution in [-0.2, 0) is 41.2 Å². The molecule has 0 amide bonds. The normalized spacial score (nSPS) is 20.6. The molecule has 4 N–H and O–H groups in total. The summed E-state index contributed by atoms with van der Waals surface area (Å²) in [4.78, 5) is 31.2. The molecule has 7 rings (SSSR count). The van der Waals surface area contributed by atoms with E-state index in [0.717, 1.165) is 39.7 Å². The average Bonchev–Trinajstić information content (AvgIpc) is 3.33. The molecule has 9 heteroatoms. The Balaban J connectivity index is 1.48. The van der Waals surface area contributed by atoms with Crippen molar-refractivity contribution < 1.29 is 19.0 Å². The molecule has 2 atom stereocenters. The van der Waals surface area contributed by atoms with E-state index in [1.807, 2.05) is 24.3 Å². The third-order valence-corrected chi connectivity index (χ3v) is 8.88. The molecule has 0 spiro atoms. The highest BCUT2D eigenvalue weighted by atomic mass is 19.1. The van der Waals surface area contributed by atoms with Gasteiger partial charge in [-0.25, -0.2) is 14.2 Å². The summed E-state index contributed by atoms with van der Waals surface area (Å²) >= 11 is 0. The summed E-state index contributed by atoms with van der Waals surface area (Å²) in [6.45, 7) is 3.99. The topological polar surface area (TPSA) is 119 Å². The summed E-state index contributed by atoms with van der Waals surface area (Å²) < 4.78 is 21.9. The molecule has 0 unspecified atom stereocenters. The van der Waals surface area contributed by atoms with Crippen molar-refractivity contribution in [2.24, 2.45) is 5.73 Å². The van der Waals surface area contributed by atoms with E-state index < -0.39 is 11.6 Å². The van der Waals surface area contributed by atoms with E-state index >= 15 is 4.39 Å². The van der Waals surface area contributed by atoms with Crippen LogP contribution in [0.25, 0.3) is 22.3 Å². The highest BCUT2D eigenvalue weighted by molar-refractivity contribution is 5.93. The van der Waals surface area contributed by atoms with Gasteiger partial charge < -0.3 is 25.5 Å². The summed E-state index contributed by atoms with van der Waals surface area (Å²) in [5.74, 6) is -1.08. The lowest BCUT2D eigenvalue weighted by Gasteiger charge is -2.31. The molecule has 8 nitrogen and oxygen atoms in total. The molecule has 3 aliphatic rings. The lowest BCUT2D eigenvalue weighted by molar-refractivity contribution is -0.172. The number of aryl methyl sites for hydroxylation is 1. The Labute approximate surface area is 229 Å². The highest BCUT2D eigenvalue weighted by Gasteiger charge is 2.46. The van der Waals surface area contributed by atoms with Crippen molar-refractivity contribution >= 4 is 22.6 Å². The van der Waals surface area contributed by atoms with Gasteiger partial charge in [-0.1, -0.05) is 19.1 Å². The van der Waals surface area contributed by atoms with Gasteiger partial charge in [-0.15, -0.1) is 0 Å². The molecular weight excluding hydrogens is 511 g/mol. The molecule has 1 aliphatic carbocycles. The number of nitrogens with zero attached hydrogens (tertiary/aromatic N) is 2. The summed E-state index contributed by atoms with van der Waals surface area (Å²) in [6, 6.07) is 11.0. The standard InChI is InChI=1S/C31H29FN4O4/c1-3-31(39)21-10-25-28-19(13-36(25)29(37)20(21)14-40-30(31)38)27-23(34-17-6-4-5-16(9-17)12-33)8-7-18-15(2)22(32)11-24(35-28)26(18)27/h4-6,9-11,23,34,39H,3,7-8,12-14,33H2,1-2H3/t23-,31+/m1/s1. The van der Waals surface area contributed by atoms with Gasteiger partial charge in [0.05, 0.1) is 35.1 Å². The van der Waals surface area contributed by atoms with Gasteiger partial charge >= 0.3 is 5.97 Å². The number of ether oxygens (including phenoxy) is 1. The van der Waals surface area contributed by atoms with Gasteiger partial charge in [-0.3, -0.25) is 4.79 Å². The minimum Gasteiger partial charge on any atom is -0.458 e. The van der Waals surface area contributed by atoms with Crippen LogP contribution in [0.1, 0.15) is 64.8 Å². The van der Waals surface area contributed by atoms with Crippen LogP contribution in [0.3, 0.4) is 0 Å². The van der Waals surface area contributed by atoms with Crippen molar-refractivity contribution in [3.05, 3.63) is 91.5 Å². The molecule has 40 heavy (non-hydrogen) atoms. The Hall–Kier alpha value is -4.08. The number of hydrogen-bond donors (Lipinski definition) is 3. The summed E-state index contributed by atoms with van der Waals surface area (Å²) in [5.41, 5.74) is 11.2. The quantitative estimate of drug-likeness (QED) is 0.294. The number of aromatic nitrogens is 2. The van der Waals surface area contributed by atoms with Gasteiger partial charge in [-0.05, 0) is 66.6 Å². The fraction of sp³-hybridized carbons (Fsp3) is 0.323. The van der Waals surface area contributed by atoms with Crippen molar-refractivity contribution in [3.8, 4) is 11.4 Å². The van der Waals surface area contributed by atoms with E-state index in [1.54, 1.807) is 24.5 Å². The van der Waals surface area contributed by atoms with E-state index in [4.69, 9.17) is 15.5 Å². The summed E-state index contributed by atoms with van der Waals surface area (Å²) in [7, 11) is 0. The maximum Gasteiger partial charge on any atom is 0.343 e. The molecule has 4 heterocycles. The third-order valence-electron chi connectivity index (χ3n) is 8.88. The Morgan fingerprint density at radius 2 is 2.05 bits per heavy atom. The van der Waals surface area contributed by atoms with E-state index in [1.165, 1.54) is 6.07 Å². The molecule has 0 fully saturated rings. The van der Waals surface area contributed by atoms with Gasteiger partial charge in [0.15, 0.2) is 5.60 Å². The zero-order valence-corrected chi connectivity index (χ0v) is 22.3. The average molecular weight is 541 g/mol. The number of benzene rings is 2. The fourth-order valence-corrected chi connectivity index (χ4v) is 6.69. The van der Waals surface area contributed by atoms with Gasteiger partial charge in [0.2, 0.25) is 0 Å². The Morgan fingerprint density at radius 1 is 1.23 bits per heavy atom. The number of esters is 1. The van der Waals surface area contributed by atoms with Gasteiger partial charge in [0.1, 0.15) is 12.4 Å². The van der Waals surface area contributed by atoms with E-state index in [-0.39, 0.29) is 48.1 Å². The SMILES string of the molecule is CC[C@@]1(O)C(=O)OCc2c1cc1n(c2=O)Cc2c-1nc1cc(F)c(C)c3c1c2[C@H](Nc1cccc(CN)c1)CC3. The van der Waals surface area contributed by atoms with Crippen LogP contribution < -0.4 is 16.6 Å². The largest absolute Gasteiger partial charge is 0.458 e. The number of carbonyl (C=O) groups excluding carboxylic acids is 1. The first-order valence-corrected chi connectivity index (χ1v) is 13.6. The monoisotopic (exact) mass is 540 g/mol. The molecule has 0 bridgehead atoms. The number of rotatable bonds is 4. The molecule has 204 valence electrons. The number of anilines is 1. The second-order valence-corrected chi connectivity index (χ2v) is 11.0. The fourth-order valence-electron chi connectivity index (χ4n) is 6.69. The highest BCUT2D eigenvalue weighted by Crippen LogP contribution is 2.46. The van der Waals surface area contributed by atoms with Crippen molar-refractivity contribution in [3.63, 3.8) is 0 Å². The van der Waals surface area contributed by atoms with Gasteiger partial charge in [0, 0.05) is 34.8 Å². The second kappa shape index (κ2) is 8.71. The lowest BCUT2D eigenvalue weighted by atomic mass is 9.81. The van der Waals surface area contributed by atoms with E-state index in [9.17, 15) is 14.7 Å². The molecular formula is C31H29FN4O4. The molecule has 0 saturated carbocycles. The van der Waals surface area contributed by atoms with Crippen LogP contribution in [0.4, 0.5) is 10.1 Å². The number of nitrogens with two attached hydrogens (primary N) is 1. The molecule has 2 aromatic heterocycles. The number of cyclic esters (lactones) is 1. The van der Waals surface area contributed by atoms with Crippen LogP contribution in [0.5, 0.6) is 0 Å². The van der Waals surface area contributed by atoms with Crippen LogP contribution in [0.2, 0.25) is 0 Å². The smallest absolute Gasteiger partial charge is 0.343 e. The predicted octanol–water partition coefficient (Wildman–Crippen LogP) is 4.09. The molecule has 4 aromatic rings. The third kappa shape index (κ3) is 3.34. The molecule has 2 aromatic carbocycles. The number of nitrogens with one attached hydrogen (secondary N) is 1. The first-order chi connectivity index (χ1) is 19.2. The van der Waals surface area contributed by atoms with Crippen molar-refractivity contribution in [1.82, 2.24) is 9.55 Å². The van der Waals surface area contributed by atoms with Crippen molar-refractivity contribution in [1.29, 1.82) is 0 Å². The Morgan fingerprint density at radius 3 is 2.83 bits per heavy atom. The number of halogens is 1. The maximum atomic E-state index is 15.1. The van der Waals surface area contributed by atoms with Crippen LogP contribution >= 0.6 is 0 Å². The molecule has 2 aliphatic heterocycles. The Bertz CT molecular complexity index is 1830. The first-order valence-electron chi connectivity index (χ1n) is 13.6. The van der Waals surface area contributed by atoms with Gasteiger partial charge in [-0.2, -0.15) is 0 Å². The predicted molar refractivity (Wildman–Crippen MR) is 148 cm³/mol. The van der Waals surface area contributed by atoms with Crippen LogP contribution in [-0.4, -0.2) is 20.6 Å².